The molecule has 112 valence electrons. The normalized spacial score (nSPS) is 24.8. The molecule has 0 unspecified atom stereocenters. The van der Waals surface area contributed by atoms with E-state index in [2.05, 4.69) is 0 Å². The fraction of sp³-hybridized carbons (Fsp3) is 0.500. The van der Waals surface area contributed by atoms with E-state index in [1.165, 1.54) is 16.4 Å². The third-order valence-electron chi connectivity index (χ3n) is 3.00. The van der Waals surface area contributed by atoms with Crippen molar-refractivity contribution in [1.29, 1.82) is 0 Å². The van der Waals surface area contributed by atoms with Gasteiger partial charge >= 0.3 is 0 Å². The van der Waals surface area contributed by atoms with Gasteiger partial charge in [0.2, 0.25) is 10.0 Å². The summed E-state index contributed by atoms with van der Waals surface area (Å²) < 4.78 is 32.3. The second-order valence-electron chi connectivity index (χ2n) is 4.89. The van der Waals surface area contributed by atoms with Gasteiger partial charge in [-0.3, -0.25) is 0 Å². The maximum Gasteiger partial charge on any atom is 0.246 e. The van der Waals surface area contributed by atoms with E-state index in [0.717, 1.165) is 0 Å². The molecule has 20 heavy (non-hydrogen) atoms. The molecule has 0 aliphatic carbocycles. The zero-order valence-electron chi connectivity index (χ0n) is 11.1. The lowest BCUT2D eigenvalue weighted by atomic mass is 10.3. The number of hydrogen-bond acceptors (Lipinski definition) is 4. The van der Waals surface area contributed by atoms with Crippen LogP contribution in [0.3, 0.4) is 0 Å². The third-order valence-corrected chi connectivity index (χ3v) is 5.76. The summed E-state index contributed by atoms with van der Waals surface area (Å²) in [5, 5.41) is 0.0589. The Labute approximate surface area is 128 Å². The highest BCUT2D eigenvalue weighted by atomic mass is 35.5. The highest BCUT2D eigenvalue weighted by Gasteiger charge is 2.34. The first-order chi connectivity index (χ1) is 9.21. The van der Waals surface area contributed by atoms with Crippen LogP contribution < -0.4 is 5.73 Å². The highest BCUT2D eigenvalue weighted by Crippen LogP contribution is 2.34. The van der Waals surface area contributed by atoms with Gasteiger partial charge < -0.3 is 10.5 Å². The number of nitrogen functional groups attached to an aromatic ring is 1. The van der Waals surface area contributed by atoms with Crippen LogP contribution >= 0.6 is 23.2 Å². The molecule has 0 bridgehead atoms. The van der Waals surface area contributed by atoms with E-state index in [4.69, 9.17) is 33.7 Å². The fourth-order valence-corrected chi connectivity index (χ4v) is 5.05. The molecular weight excluding hydrogens is 323 g/mol. The molecule has 1 aromatic carbocycles. The summed E-state index contributed by atoms with van der Waals surface area (Å²) in [6.07, 6.45) is -0.361. The Morgan fingerprint density at radius 2 is 1.65 bits per heavy atom. The number of halogens is 2. The number of ether oxygens (including phenoxy) is 1. The summed E-state index contributed by atoms with van der Waals surface area (Å²) in [6, 6.07) is 2.77. The maximum atomic E-state index is 12.7. The average Bonchev–Trinajstić information content (AvgIpc) is 2.25. The highest BCUT2D eigenvalue weighted by molar-refractivity contribution is 7.89. The summed E-state index contributed by atoms with van der Waals surface area (Å²) >= 11 is 12.0. The van der Waals surface area contributed by atoms with E-state index in [0.29, 0.717) is 5.69 Å². The molecule has 1 saturated heterocycles. The minimum absolute atomic E-state index is 0.0294. The van der Waals surface area contributed by atoms with E-state index >= 15 is 0 Å². The number of nitrogens with two attached hydrogens (primary N) is 1. The molecule has 2 atom stereocenters. The molecule has 1 heterocycles. The summed E-state index contributed by atoms with van der Waals surface area (Å²) in [5.41, 5.74) is 5.92. The van der Waals surface area contributed by atoms with E-state index in [-0.39, 0.29) is 40.2 Å². The second kappa shape index (κ2) is 5.69. The summed E-state index contributed by atoms with van der Waals surface area (Å²) in [5.74, 6) is 0. The molecule has 0 amide bonds. The summed E-state index contributed by atoms with van der Waals surface area (Å²) in [7, 11) is -3.77. The van der Waals surface area contributed by atoms with E-state index in [1.807, 2.05) is 13.8 Å². The molecule has 1 aliphatic heterocycles. The van der Waals surface area contributed by atoms with E-state index in [1.54, 1.807) is 0 Å². The van der Waals surface area contributed by atoms with Crippen molar-refractivity contribution in [3.63, 3.8) is 0 Å². The van der Waals surface area contributed by atoms with Gasteiger partial charge in [-0.25, -0.2) is 8.42 Å². The lowest BCUT2D eigenvalue weighted by molar-refractivity contribution is -0.0440. The number of sulfonamides is 1. The van der Waals surface area contributed by atoms with E-state index < -0.39 is 10.0 Å². The Hall–Kier alpha value is -0.530. The standard InChI is InChI=1S/C12H16Cl2N2O3S/c1-7-5-16(6-8(2)19-7)20(17,18)12-10(13)3-9(15)4-11(12)14/h3-4,7-8H,5-6,15H2,1-2H3/t7-,8+. The molecule has 0 spiro atoms. The van der Waals surface area contributed by atoms with Crippen LogP contribution in [0.15, 0.2) is 17.0 Å². The number of hydrogen-bond donors (Lipinski definition) is 1. The van der Waals surface area contributed by atoms with Crippen molar-refractivity contribution in [2.24, 2.45) is 0 Å². The van der Waals surface area contributed by atoms with Crippen LogP contribution in [0.25, 0.3) is 0 Å². The molecule has 0 radical (unpaired) electrons. The monoisotopic (exact) mass is 338 g/mol. The molecule has 5 nitrogen and oxygen atoms in total. The SMILES string of the molecule is C[C@@H]1CN(S(=O)(=O)c2c(Cl)cc(N)cc2Cl)C[C@H](C)O1. The average molecular weight is 339 g/mol. The second-order valence-corrected chi connectivity index (χ2v) is 7.58. The molecule has 1 aromatic rings. The van der Waals surface area contributed by atoms with E-state index in [9.17, 15) is 8.42 Å². The van der Waals surface area contributed by atoms with Crippen molar-refractivity contribution in [2.45, 2.75) is 31.0 Å². The topological polar surface area (TPSA) is 72.6 Å². The number of benzene rings is 1. The quantitative estimate of drug-likeness (QED) is 0.840. The molecule has 8 heteroatoms. The van der Waals surface area contributed by atoms with Crippen molar-refractivity contribution < 1.29 is 13.2 Å². The lowest BCUT2D eigenvalue weighted by Crippen LogP contribution is -2.48. The molecule has 2 N–H and O–H groups in total. The largest absolute Gasteiger partial charge is 0.399 e. The zero-order chi connectivity index (χ0) is 15.1. The minimum Gasteiger partial charge on any atom is -0.399 e. The van der Waals surface area contributed by atoms with Gasteiger partial charge in [-0.2, -0.15) is 4.31 Å². The Morgan fingerprint density at radius 3 is 2.10 bits per heavy atom. The molecule has 1 aliphatic rings. The molecule has 2 rings (SSSR count). The van der Waals surface area contributed by atoms with Gasteiger partial charge in [0, 0.05) is 18.8 Å². The van der Waals surface area contributed by atoms with Crippen LogP contribution in [-0.2, 0) is 14.8 Å². The Balaban J connectivity index is 2.45. The van der Waals surface area contributed by atoms with Crippen molar-refractivity contribution in [3.8, 4) is 0 Å². The predicted molar refractivity (Wildman–Crippen MR) is 79.6 cm³/mol. The Bertz CT molecular complexity index is 588. The summed E-state index contributed by atoms with van der Waals surface area (Å²) in [4.78, 5) is -0.101. The first kappa shape index (κ1) is 15.9. The fourth-order valence-electron chi connectivity index (χ4n) is 2.28. The Morgan fingerprint density at radius 1 is 1.20 bits per heavy atom. The van der Waals surface area contributed by atoms with Crippen molar-refractivity contribution in [1.82, 2.24) is 4.31 Å². The van der Waals surface area contributed by atoms with Crippen molar-refractivity contribution in [2.75, 3.05) is 18.8 Å². The molecule has 1 fully saturated rings. The van der Waals surface area contributed by atoms with Crippen molar-refractivity contribution in [3.05, 3.63) is 22.2 Å². The number of nitrogens with zero attached hydrogens (tertiary/aromatic N) is 1. The summed E-state index contributed by atoms with van der Waals surface area (Å²) in [6.45, 7) is 4.18. The Kier molecular flexibility index (Phi) is 4.51. The van der Waals surface area contributed by atoms with Crippen molar-refractivity contribution >= 4 is 38.9 Å². The van der Waals surface area contributed by atoms with Crippen LogP contribution in [0.5, 0.6) is 0 Å². The third kappa shape index (κ3) is 3.04. The molecular formula is C12H16Cl2N2O3S. The van der Waals surface area contributed by atoms with Gasteiger partial charge in [-0.15, -0.1) is 0 Å². The maximum absolute atomic E-state index is 12.7. The van der Waals surface area contributed by atoms with Gasteiger partial charge in [0.25, 0.3) is 0 Å². The smallest absolute Gasteiger partial charge is 0.246 e. The van der Waals surface area contributed by atoms with Crippen LogP contribution in [-0.4, -0.2) is 38.0 Å². The van der Waals surface area contributed by atoms with Crippen LogP contribution in [0, 0.1) is 0 Å². The van der Waals surface area contributed by atoms with Crippen LogP contribution in [0.2, 0.25) is 10.0 Å². The number of morpholine rings is 1. The van der Waals surface area contributed by atoms with Gasteiger partial charge in [-0.1, -0.05) is 23.2 Å². The number of anilines is 1. The van der Waals surface area contributed by atoms with Crippen LogP contribution in [0.1, 0.15) is 13.8 Å². The molecule has 0 aromatic heterocycles. The number of rotatable bonds is 2. The predicted octanol–water partition coefficient (Wildman–Crippen LogP) is 2.37. The van der Waals surface area contributed by atoms with Gasteiger partial charge in [0.15, 0.2) is 0 Å². The minimum atomic E-state index is -3.77. The lowest BCUT2D eigenvalue weighted by Gasteiger charge is -2.34. The van der Waals surface area contributed by atoms with Gasteiger partial charge in [0.1, 0.15) is 4.90 Å². The van der Waals surface area contributed by atoms with Crippen LogP contribution in [0.4, 0.5) is 5.69 Å². The first-order valence-electron chi connectivity index (χ1n) is 6.12. The first-order valence-corrected chi connectivity index (χ1v) is 8.31. The molecule has 0 saturated carbocycles. The van der Waals surface area contributed by atoms with Gasteiger partial charge in [0.05, 0.1) is 22.3 Å². The van der Waals surface area contributed by atoms with Gasteiger partial charge in [-0.05, 0) is 26.0 Å². The zero-order valence-corrected chi connectivity index (χ0v) is 13.5.